The van der Waals surface area contributed by atoms with E-state index in [-0.39, 0.29) is 36.9 Å². The number of alkyl carbamates (subject to hydrolysis) is 1. The summed E-state index contributed by atoms with van der Waals surface area (Å²) in [6.07, 6.45) is 0.923. The molecule has 0 aromatic heterocycles. The van der Waals surface area contributed by atoms with Gasteiger partial charge in [-0.05, 0) is 48.4 Å². The highest BCUT2D eigenvalue weighted by Crippen LogP contribution is 2.44. The first-order chi connectivity index (χ1) is 17.0. The molecule has 8 heteroatoms. The van der Waals surface area contributed by atoms with Crippen molar-refractivity contribution < 1.29 is 29.0 Å². The van der Waals surface area contributed by atoms with Gasteiger partial charge < -0.3 is 24.8 Å². The standard InChI is InChI=1S/C27H30N2O6/c1-16(26(31)32)29(18-10-11-18)25(30)24-17(12-13-34-24)14-28-27(33)35-15-23-21-8-4-2-6-19(21)20-7-3-5-9-22(20)23/h2-9,16-18,23-24H,10-15H2,1H3,(H,28,33)(H,31,32). The number of fused-ring (bicyclic) bond motifs is 3. The molecule has 0 spiro atoms. The van der Waals surface area contributed by atoms with Crippen LogP contribution in [0.2, 0.25) is 0 Å². The van der Waals surface area contributed by atoms with Crippen molar-refractivity contribution in [3.63, 3.8) is 0 Å². The lowest BCUT2D eigenvalue weighted by Gasteiger charge is -2.30. The summed E-state index contributed by atoms with van der Waals surface area (Å²) in [6.45, 7) is 2.37. The molecule has 184 valence electrons. The zero-order chi connectivity index (χ0) is 24.5. The molecule has 1 saturated heterocycles. The van der Waals surface area contributed by atoms with E-state index in [9.17, 15) is 19.5 Å². The van der Waals surface area contributed by atoms with Gasteiger partial charge in [0.1, 0.15) is 18.8 Å². The topological polar surface area (TPSA) is 105 Å². The molecule has 3 unspecified atom stereocenters. The van der Waals surface area contributed by atoms with E-state index in [4.69, 9.17) is 9.47 Å². The molecule has 5 rings (SSSR count). The highest BCUT2D eigenvalue weighted by atomic mass is 16.5. The molecule has 1 heterocycles. The van der Waals surface area contributed by atoms with Crippen LogP contribution < -0.4 is 5.32 Å². The van der Waals surface area contributed by atoms with Gasteiger partial charge in [0, 0.05) is 31.0 Å². The second-order valence-electron chi connectivity index (χ2n) is 9.54. The third kappa shape index (κ3) is 4.62. The minimum atomic E-state index is -1.03. The quantitative estimate of drug-likeness (QED) is 0.603. The Kier molecular flexibility index (Phi) is 6.47. The van der Waals surface area contributed by atoms with Crippen LogP contribution in [0.5, 0.6) is 0 Å². The van der Waals surface area contributed by atoms with Crippen LogP contribution in [-0.4, -0.2) is 65.9 Å². The Morgan fingerprint density at radius 1 is 1.06 bits per heavy atom. The first kappa shape index (κ1) is 23.4. The molecular formula is C27H30N2O6. The van der Waals surface area contributed by atoms with Crippen LogP contribution in [0.1, 0.15) is 43.2 Å². The van der Waals surface area contributed by atoms with Gasteiger partial charge in [-0.15, -0.1) is 0 Å². The summed E-state index contributed by atoms with van der Waals surface area (Å²) in [6, 6.07) is 15.3. The van der Waals surface area contributed by atoms with Gasteiger partial charge in [-0.2, -0.15) is 0 Å². The maximum atomic E-state index is 13.2. The van der Waals surface area contributed by atoms with Crippen LogP contribution in [-0.2, 0) is 19.1 Å². The lowest BCUT2D eigenvalue weighted by Crippen LogP contribution is -2.51. The van der Waals surface area contributed by atoms with Gasteiger partial charge in [-0.1, -0.05) is 48.5 Å². The number of nitrogens with zero attached hydrogens (tertiary/aromatic N) is 1. The fourth-order valence-corrected chi connectivity index (χ4v) is 5.29. The second kappa shape index (κ2) is 9.70. The molecule has 2 aromatic rings. The molecular weight excluding hydrogens is 448 g/mol. The van der Waals surface area contributed by atoms with Crippen LogP contribution in [0.15, 0.2) is 48.5 Å². The first-order valence-electron chi connectivity index (χ1n) is 12.2. The SMILES string of the molecule is CC(C(=O)O)N(C(=O)C1OCCC1CNC(=O)OCC1c2ccccc2-c2ccccc21)C1CC1. The highest BCUT2D eigenvalue weighted by Gasteiger charge is 2.45. The number of ether oxygens (including phenoxy) is 2. The van der Waals surface area contributed by atoms with Crippen molar-refractivity contribution in [2.24, 2.45) is 5.92 Å². The normalized spacial score (nSPS) is 21.6. The van der Waals surface area contributed by atoms with Crippen molar-refractivity contribution >= 4 is 18.0 Å². The van der Waals surface area contributed by atoms with E-state index in [1.807, 2.05) is 24.3 Å². The van der Waals surface area contributed by atoms with Gasteiger partial charge in [0.15, 0.2) is 0 Å². The largest absolute Gasteiger partial charge is 0.480 e. The van der Waals surface area contributed by atoms with E-state index in [1.165, 1.54) is 11.8 Å². The van der Waals surface area contributed by atoms with Crippen LogP contribution in [0, 0.1) is 5.92 Å². The number of hydrogen-bond donors (Lipinski definition) is 2. The second-order valence-corrected chi connectivity index (χ2v) is 9.54. The number of aliphatic carboxylic acids is 1. The van der Waals surface area contributed by atoms with E-state index in [0.29, 0.717) is 13.0 Å². The van der Waals surface area contributed by atoms with E-state index in [1.54, 1.807) is 0 Å². The number of hydrogen-bond acceptors (Lipinski definition) is 5. The summed E-state index contributed by atoms with van der Waals surface area (Å²) in [7, 11) is 0. The predicted molar refractivity (Wildman–Crippen MR) is 128 cm³/mol. The molecule has 2 amide bonds. The lowest BCUT2D eigenvalue weighted by molar-refractivity contribution is -0.155. The summed E-state index contributed by atoms with van der Waals surface area (Å²) in [5, 5.41) is 12.2. The van der Waals surface area contributed by atoms with Crippen LogP contribution in [0.25, 0.3) is 11.1 Å². The monoisotopic (exact) mass is 478 g/mol. The predicted octanol–water partition coefficient (Wildman–Crippen LogP) is 3.39. The molecule has 2 N–H and O–H groups in total. The minimum absolute atomic E-state index is 0.0260. The van der Waals surface area contributed by atoms with Crippen molar-refractivity contribution in [2.75, 3.05) is 19.8 Å². The number of amides is 2. The molecule has 1 aliphatic heterocycles. The van der Waals surface area contributed by atoms with Crippen molar-refractivity contribution in [2.45, 2.75) is 50.3 Å². The summed E-state index contributed by atoms with van der Waals surface area (Å²) in [5.74, 6) is -1.59. The summed E-state index contributed by atoms with van der Waals surface area (Å²) >= 11 is 0. The minimum Gasteiger partial charge on any atom is -0.480 e. The van der Waals surface area contributed by atoms with E-state index >= 15 is 0 Å². The molecule has 2 aliphatic carbocycles. The molecule has 3 atom stereocenters. The van der Waals surface area contributed by atoms with Crippen molar-refractivity contribution in [1.29, 1.82) is 0 Å². The summed E-state index contributed by atoms with van der Waals surface area (Å²) < 4.78 is 11.3. The molecule has 0 bridgehead atoms. The number of carbonyl (C=O) groups is 3. The van der Waals surface area contributed by atoms with Crippen LogP contribution in [0.4, 0.5) is 4.79 Å². The Morgan fingerprint density at radius 3 is 2.29 bits per heavy atom. The van der Waals surface area contributed by atoms with Gasteiger partial charge in [-0.3, -0.25) is 4.79 Å². The number of carbonyl (C=O) groups excluding carboxylic acids is 2. The molecule has 2 aromatic carbocycles. The molecule has 3 aliphatic rings. The fourth-order valence-electron chi connectivity index (χ4n) is 5.29. The molecule has 35 heavy (non-hydrogen) atoms. The highest BCUT2D eigenvalue weighted by molar-refractivity contribution is 5.87. The first-order valence-corrected chi connectivity index (χ1v) is 12.2. The third-order valence-electron chi connectivity index (χ3n) is 7.28. The maximum absolute atomic E-state index is 13.2. The molecule has 2 fully saturated rings. The number of carboxylic acid groups (broad SMARTS) is 1. The summed E-state index contributed by atoms with van der Waals surface area (Å²) in [5.41, 5.74) is 4.61. The smallest absolute Gasteiger partial charge is 0.407 e. The zero-order valence-corrected chi connectivity index (χ0v) is 19.7. The van der Waals surface area contributed by atoms with Crippen LogP contribution in [0.3, 0.4) is 0 Å². The Morgan fingerprint density at radius 2 is 1.69 bits per heavy atom. The van der Waals surface area contributed by atoms with Crippen molar-refractivity contribution in [3.05, 3.63) is 59.7 Å². The average molecular weight is 479 g/mol. The van der Waals surface area contributed by atoms with Gasteiger partial charge in [0.25, 0.3) is 5.91 Å². The van der Waals surface area contributed by atoms with Gasteiger partial charge >= 0.3 is 12.1 Å². The van der Waals surface area contributed by atoms with Crippen molar-refractivity contribution in [1.82, 2.24) is 10.2 Å². The number of carboxylic acids is 1. The van der Waals surface area contributed by atoms with E-state index in [0.717, 1.165) is 35.1 Å². The third-order valence-corrected chi connectivity index (χ3v) is 7.28. The number of benzene rings is 2. The zero-order valence-electron chi connectivity index (χ0n) is 19.7. The van der Waals surface area contributed by atoms with Gasteiger partial charge in [-0.25, -0.2) is 9.59 Å². The fraction of sp³-hybridized carbons (Fsp3) is 0.444. The van der Waals surface area contributed by atoms with Gasteiger partial charge in [0.2, 0.25) is 0 Å². The molecule has 8 nitrogen and oxygen atoms in total. The van der Waals surface area contributed by atoms with Crippen molar-refractivity contribution in [3.8, 4) is 11.1 Å². The van der Waals surface area contributed by atoms with Gasteiger partial charge in [0.05, 0.1) is 0 Å². The Labute approximate surface area is 204 Å². The lowest BCUT2D eigenvalue weighted by atomic mass is 9.98. The Balaban J connectivity index is 1.18. The van der Waals surface area contributed by atoms with E-state index < -0.39 is 24.2 Å². The average Bonchev–Trinajstić information content (AvgIpc) is 3.48. The number of rotatable bonds is 8. The maximum Gasteiger partial charge on any atom is 0.407 e. The van der Waals surface area contributed by atoms with Crippen LogP contribution >= 0.6 is 0 Å². The molecule has 1 saturated carbocycles. The summed E-state index contributed by atoms with van der Waals surface area (Å²) in [4.78, 5) is 38.7. The Bertz CT molecular complexity index is 1080. The number of nitrogens with one attached hydrogen (secondary N) is 1. The molecule has 0 radical (unpaired) electrons. The Hall–Kier alpha value is -3.39. The van der Waals surface area contributed by atoms with E-state index in [2.05, 4.69) is 29.6 Å².